The Kier molecular flexibility index (Phi) is 6.13. The van der Waals surface area contributed by atoms with E-state index in [9.17, 15) is 13.2 Å². The van der Waals surface area contributed by atoms with Gasteiger partial charge in [0.2, 0.25) is 0 Å². The van der Waals surface area contributed by atoms with Gasteiger partial charge < -0.3 is 5.32 Å². The number of rotatable bonds is 8. The first-order chi connectivity index (χ1) is 15.0. The lowest BCUT2D eigenvalue weighted by atomic mass is 10.2. The minimum Gasteiger partial charge on any atom is -0.352 e. The molecule has 0 aliphatic heterocycles. The highest BCUT2D eigenvalue weighted by Crippen LogP contribution is 2.18. The third-order valence-corrected chi connectivity index (χ3v) is 6.69. The molecule has 4 rings (SSSR count). The van der Waals surface area contributed by atoms with Crippen LogP contribution in [0, 0.1) is 0 Å². The zero-order valence-corrected chi connectivity index (χ0v) is 17.8. The second-order valence-corrected chi connectivity index (χ2v) is 9.52. The fourth-order valence-corrected chi connectivity index (χ4v) is 4.86. The molecule has 0 saturated heterocycles. The SMILES string of the molecule is O=C(NCCCS(=O)(=O)Cc1ccccc1)c1ccc(-n2cnc3ccccc32)cc1. The molecular formula is C24H23N3O3S. The van der Waals surface area contributed by atoms with E-state index in [2.05, 4.69) is 10.3 Å². The summed E-state index contributed by atoms with van der Waals surface area (Å²) < 4.78 is 26.4. The van der Waals surface area contributed by atoms with Crippen molar-refractivity contribution in [1.82, 2.24) is 14.9 Å². The Morgan fingerprint density at radius 3 is 2.39 bits per heavy atom. The highest BCUT2D eigenvalue weighted by molar-refractivity contribution is 7.90. The van der Waals surface area contributed by atoms with Gasteiger partial charge in [0.05, 0.1) is 22.5 Å². The van der Waals surface area contributed by atoms with Gasteiger partial charge in [-0.2, -0.15) is 0 Å². The molecule has 0 radical (unpaired) electrons. The number of fused-ring (bicyclic) bond motifs is 1. The maximum Gasteiger partial charge on any atom is 0.251 e. The highest BCUT2D eigenvalue weighted by atomic mass is 32.2. The fourth-order valence-electron chi connectivity index (χ4n) is 3.43. The van der Waals surface area contributed by atoms with E-state index in [1.165, 1.54) is 0 Å². The smallest absolute Gasteiger partial charge is 0.251 e. The number of nitrogens with one attached hydrogen (secondary N) is 1. The lowest BCUT2D eigenvalue weighted by Gasteiger charge is -2.08. The molecule has 4 aromatic rings. The monoisotopic (exact) mass is 433 g/mol. The molecule has 7 heteroatoms. The third kappa shape index (κ3) is 5.19. The molecular weight excluding hydrogens is 410 g/mol. The minimum atomic E-state index is -3.21. The molecule has 0 spiro atoms. The number of para-hydroxylation sites is 2. The number of amides is 1. The van der Waals surface area contributed by atoms with Crippen LogP contribution in [0.2, 0.25) is 0 Å². The zero-order chi connectivity index (χ0) is 21.7. The summed E-state index contributed by atoms with van der Waals surface area (Å²) in [5.74, 6) is -0.163. The lowest BCUT2D eigenvalue weighted by molar-refractivity contribution is 0.0953. The van der Waals surface area contributed by atoms with Crippen LogP contribution in [0.3, 0.4) is 0 Å². The van der Waals surface area contributed by atoms with Crippen molar-refractivity contribution >= 4 is 26.8 Å². The van der Waals surface area contributed by atoms with E-state index in [1.54, 1.807) is 30.6 Å². The number of hydrogen-bond donors (Lipinski definition) is 1. The number of aromatic nitrogens is 2. The average Bonchev–Trinajstić information content (AvgIpc) is 3.21. The van der Waals surface area contributed by atoms with Crippen molar-refractivity contribution in [2.45, 2.75) is 12.2 Å². The summed E-state index contributed by atoms with van der Waals surface area (Å²) in [6.45, 7) is 0.306. The van der Waals surface area contributed by atoms with Crippen LogP contribution in [0.15, 0.2) is 85.2 Å². The molecule has 0 saturated carbocycles. The van der Waals surface area contributed by atoms with Crippen molar-refractivity contribution in [1.29, 1.82) is 0 Å². The fraction of sp³-hybridized carbons (Fsp3) is 0.167. The second-order valence-electron chi connectivity index (χ2n) is 7.34. The van der Waals surface area contributed by atoms with E-state index < -0.39 is 9.84 Å². The summed E-state index contributed by atoms with van der Waals surface area (Å²) in [6, 6.07) is 24.2. The van der Waals surface area contributed by atoms with Gasteiger partial charge in [-0.05, 0) is 48.4 Å². The summed E-state index contributed by atoms with van der Waals surface area (Å²) in [6.07, 6.45) is 2.13. The van der Waals surface area contributed by atoms with Gasteiger partial charge in [0.1, 0.15) is 6.33 Å². The van der Waals surface area contributed by atoms with Crippen molar-refractivity contribution < 1.29 is 13.2 Å². The standard InChI is InChI=1S/C24H23N3O3S/c28-24(25-15-6-16-31(29,30)17-19-7-2-1-3-8-19)20-11-13-21(14-12-20)27-18-26-22-9-4-5-10-23(22)27/h1-5,7-14,18H,6,15-17H2,(H,25,28). The Bertz CT molecular complexity index is 1280. The van der Waals surface area contributed by atoms with Gasteiger partial charge in [-0.3, -0.25) is 9.36 Å². The van der Waals surface area contributed by atoms with Gasteiger partial charge >= 0.3 is 0 Å². The predicted molar refractivity (Wildman–Crippen MR) is 122 cm³/mol. The maximum atomic E-state index is 12.4. The summed E-state index contributed by atoms with van der Waals surface area (Å²) >= 11 is 0. The summed E-state index contributed by atoms with van der Waals surface area (Å²) in [4.78, 5) is 16.8. The molecule has 0 atom stereocenters. The normalized spacial score (nSPS) is 11.5. The van der Waals surface area contributed by atoms with Crippen molar-refractivity contribution in [3.8, 4) is 5.69 Å². The molecule has 1 aromatic heterocycles. The molecule has 1 amide bonds. The van der Waals surface area contributed by atoms with Crippen LogP contribution < -0.4 is 5.32 Å². The Balaban J connectivity index is 1.30. The van der Waals surface area contributed by atoms with E-state index in [4.69, 9.17) is 0 Å². The summed E-state index contributed by atoms with van der Waals surface area (Å²) in [5.41, 5.74) is 4.12. The molecule has 158 valence electrons. The van der Waals surface area contributed by atoms with Crippen LogP contribution in [0.4, 0.5) is 0 Å². The van der Waals surface area contributed by atoms with Gasteiger partial charge in [0.25, 0.3) is 5.91 Å². The number of carbonyl (C=O) groups is 1. The number of benzene rings is 3. The van der Waals surface area contributed by atoms with Crippen LogP contribution >= 0.6 is 0 Å². The average molecular weight is 434 g/mol. The van der Waals surface area contributed by atoms with Crippen LogP contribution in [0.25, 0.3) is 16.7 Å². The number of imidazole rings is 1. The highest BCUT2D eigenvalue weighted by Gasteiger charge is 2.12. The van der Waals surface area contributed by atoms with Crippen molar-refractivity contribution in [3.63, 3.8) is 0 Å². The molecule has 0 unspecified atom stereocenters. The Labute approximate surface area is 181 Å². The van der Waals surface area contributed by atoms with E-state index in [-0.39, 0.29) is 17.4 Å². The van der Waals surface area contributed by atoms with Crippen LogP contribution in [-0.2, 0) is 15.6 Å². The largest absolute Gasteiger partial charge is 0.352 e. The minimum absolute atomic E-state index is 0.0200. The molecule has 31 heavy (non-hydrogen) atoms. The molecule has 6 nitrogen and oxygen atoms in total. The van der Waals surface area contributed by atoms with Crippen molar-refractivity contribution in [2.75, 3.05) is 12.3 Å². The first-order valence-electron chi connectivity index (χ1n) is 10.1. The topological polar surface area (TPSA) is 81.1 Å². The number of nitrogens with zero attached hydrogens (tertiary/aromatic N) is 2. The summed E-state index contributed by atoms with van der Waals surface area (Å²) in [5, 5.41) is 2.80. The quantitative estimate of drug-likeness (QED) is 0.429. The first-order valence-corrected chi connectivity index (χ1v) is 11.9. The Morgan fingerprint density at radius 1 is 0.903 bits per heavy atom. The molecule has 3 aromatic carbocycles. The van der Waals surface area contributed by atoms with Gasteiger partial charge in [-0.15, -0.1) is 0 Å². The number of sulfone groups is 1. The van der Waals surface area contributed by atoms with Gasteiger partial charge in [0.15, 0.2) is 9.84 Å². The van der Waals surface area contributed by atoms with Crippen LogP contribution in [0.1, 0.15) is 22.3 Å². The Morgan fingerprint density at radius 2 is 1.61 bits per heavy atom. The number of carbonyl (C=O) groups excluding carboxylic acids is 1. The van der Waals surface area contributed by atoms with Gasteiger partial charge in [-0.1, -0.05) is 42.5 Å². The van der Waals surface area contributed by atoms with Crippen LogP contribution in [0.5, 0.6) is 0 Å². The molecule has 0 bridgehead atoms. The van der Waals surface area contributed by atoms with E-state index in [0.717, 1.165) is 22.3 Å². The van der Waals surface area contributed by atoms with Crippen molar-refractivity contribution in [3.05, 3.63) is 96.3 Å². The van der Waals surface area contributed by atoms with Crippen LogP contribution in [-0.4, -0.2) is 36.2 Å². The molecule has 1 heterocycles. The molecule has 0 fully saturated rings. The second kappa shape index (κ2) is 9.14. The maximum absolute atomic E-state index is 12.4. The van der Waals surface area contributed by atoms with Gasteiger partial charge in [-0.25, -0.2) is 13.4 Å². The molecule has 0 aliphatic rings. The van der Waals surface area contributed by atoms with E-state index >= 15 is 0 Å². The zero-order valence-electron chi connectivity index (χ0n) is 16.9. The van der Waals surface area contributed by atoms with Crippen molar-refractivity contribution in [2.24, 2.45) is 0 Å². The number of hydrogen-bond acceptors (Lipinski definition) is 4. The Hall–Kier alpha value is -3.45. The third-order valence-electron chi connectivity index (χ3n) is 5.01. The van der Waals surface area contributed by atoms with Gasteiger partial charge in [0, 0.05) is 17.8 Å². The van der Waals surface area contributed by atoms with E-state index in [0.29, 0.717) is 18.5 Å². The molecule has 0 aliphatic carbocycles. The predicted octanol–water partition coefficient (Wildman–Crippen LogP) is 3.76. The molecule has 1 N–H and O–H groups in total. The summed E-state index contributed by atoms with van der Waals surface area (Å²) in [7, 11) is -3.21. The van der Waals surface area contributed by atoms with E-state index in [1.807, 2.05) is 59.2 Å². The lowest BCUT2D eigenvalue weighted by Crippen LogP contribution is -2.26. The first kappa shape index (κ1) is 20.8.